The number of nitriles is 1. The number of Topliss-reactive ketones (excluding diaryl/α,β-unsaturated/α-hetero) is 1. The quantitative estimate of drug-likeness (QED) is 0.692. The summed E-state index contributed by atoms with van der Waals surface area (Å²) in [6.07, 6.45) is -0.328. The van der Waals surface area contributed by atoms with Gasteiger partial charge in [0.05, 0.1) is 18.1 Å². The summed E-state index contributed by atoms with van der Waals surface area (Å²) in [6, 6.07) is 13.3. The van der Waals surface area contributed by atoms with Crippen LogP contribution in [0.3, 0.4) is 0 Å². The van der Waals surface area contributed by atoms with Crippen LogP contribution in [-0.2, 0) is 4.79 Å². The molecule has 0 saturated heterocycles. The highest BCUT2D eigenvalue weighted by Crippen LogP contribution is 2.11. The minimum absolute atomic E-state index is 0.284. The molecule has 1 N–H and O–H groups in total. The number of rotatable bonds is 4. The zero-order chi connectivity index (χ0) is 15.2. The first-order chi connectivity index (χ1) is 10.1. The van der Waals surface area contributed by atoms with Gasteiger partial charge in [-0.3, -0.25) is 9.59 Å². The molecule has 0 radical (unpaired) electrons. The fourth-order valence-corrected chi connectivity index (χ4v) is 1.72. The number of anilines is 1. The third-order valence-corrected chi connectivity index (χ3v) is 2.79. The van der Waals surface area contributed by atoms with Crippen molar-refractivity contribution in [2.45, 2.75) is 6.42 Å². The Morgan fingerprint density at radius 2 is 1.67 bits per heavy atom. The molecule has 2 rings (SSSR count). The SMILES string of the molecule is N#Cc1ccc(NC(=O)CC(=O)c2ccc(F)cc2)cc1. The van der Waals surface area contributed by atoms with Gasteiger partial charge >= 0.3 is 0 Å². The lowest BCUT2D eigenvalue weighted by Crippen LogP contribution is -2.16. The van der Waals surface area contributed by atoms with Gasteiger partial charge in [-0.2, -0.15) is 5.26 Å². The van der Waals surface area contributed by atoms with Gasteiger partial charge in [-0.15, -0.1) is 0 Å². The molecule has 0 aliphatic rings. The van der Waals surface area contributed by atoms with Crippen LogP contribution in [0.15, 0.2) is 48.5 Å². The van der Waals surface area contributed by atoms with Crippen molar-refractivity contribution in [3.05, 3.63) is 65.5 Å². The zero-order valence-corrected chi connectivity index (χ0v) is 11.0. The third-order valence-electron chi connectivity index (χ3n) is 2.79. The lowest BCUT2D eigenvalue weighted by molar-refractivity contribution is -0.115. The first-order valence-corrected chi connectivity index (χ1v) is 6.17. The molecule has 104 valence electrons. The number of carbonyl (C=O) groups is 2. The van der Waals surface area contributed by atoms with Gasteiger partial charge < -0.3 is 5.32 Å². The number of nitrogens with zero attached hydrogens (tertiary/aromatic N) is 1. The Labute approximate surface area is 120 Å². The minimum Gasteiger partial charge on any atom is -0.326 e. The molecule has 4 nitrogen and oxygen atoms in total. The third kappa shape index (κ3) is 3.98. The molecule has 0 aromatic heterocycles. The Bertz CT molecular complexity index is 701. The van der Waals surface area contributed by atoms with Crippen LogP contribution in [0.4, 0.5) is 10.1 Å². The van der Waals surface area contributed by atoms with E-state index in [2.05, 4.69) is 5.32 Å². The van der Waals surface area contributed by atoms with E-state index in [1.165, 1.54) is 24.3 Å². The van der Waals surface area contributed by atoms with E-state index in [-0.39, 0.29) is 17.8 Å². The highest BCUT2D eigenvalue weighted by atomic mass is 19.1. The smallest absolute Gasteiger partial charge is 0.232 e. The average Bonchev–Trinajstić information content (AvgIpc) is 2.48. The largest absolute Gasteiger partial charge is 0.326 e. The molecule has 0 unspecified atom stereocenters. The molecule has 1 amide bonds. The Morgan fingerprint density at radius 3 is 2.24 bits per heavy atom. The normalized spacial score (nSPS) is 9.71. The second-order valence-corrected chi connectivity index (χ2v) is 4.34. The van der Waals surface area contributed by atoms with Gasteiger partial charge in [0.15, 0.2) is 5.78 Å². The van der Waals surface area contributed by atoms with Crippen LogP contribution in [0.2, 0.25) is 0 Å². The van der Waals surface area contributed by atoms with E-state index in [4.69, 9.17) is 5.26 Å². The number of halogens is 1. The molecule has 0 spiro atoms. The van der Waals surface area contributed by atoms with E-state index < -0.39 is 11.7 Å². The summed E-state index contributed by atoms with van der Waals surface area (Å²) in [5, 5.41) is 11.2. The van der Waals surface area contributed by atoms with Crippen molar-refractivity contribution in [2.75, 3.05) is 5.32 Å². The van der Waals surface area contributed by atoms with Crippen molar-refractivity contribution in [1.82, 2.24) is 0 Å². The number of benzene rings is 2. The first-order valence-electron chi connectivity index (χ1n) is 6.17. The average molecular weight is 282 g/mol. The predicted octanol–water partition coefficient (Wildman–Crippen LogP) is 2.91. The molecule has 0 aliphatic heterocycles. The van der Waals surface area contributed by atoms with Crippen LogP contribution >= 0.6 is 0 Å². The van der Waals surface area contributed by atoms with Crippen LogP contribution < -0.4 is 5.32 Å². The molecule has 0 saturated carbocycles. The number of hydrogen-bond donors (Lipinski definition) is 1. The maximum atomic E-state index is 12.7. The van der Waals surface area contributed by atoms with E-state index in [9.17, 15) is 14.0 Å². The summed E-state index contributed by atoms with van der Waals surface area (Å²) >= 11 is 0. The Morgan fingerprint density at radius 1 is 1.05 bits per heavy atom. The van der Waals surface area contributed by atoms with Crippen molar-refractivity contribution < 1.29 is 14.0 Å². The van der Waals surface area contributed by atoms with Gasteiger partial charge in [0.1, 0.15) is 5.82 Å². The Kier molecular flexibility index (Phi) is 4.42. The summed E-state index contributed by atoms with van der Waals surface area (Å²) in [4.78, 5) is 23.6. The molecule has 0 aliphatic carbocycles. The lowest BCUT2D eigenvalue weighted by atomic mass is 10.1. The molecule has 2 aromatic carbocycles. The fourth-order valence-electron chi connectivity index (χ4n) is 1.72. The second kappa shape index (κ2) is 6.44. The van der Waals surface area contributed by atoms with E-state index in [0.29, 0.717) is 11.3 Å². The number of ketones is 1. The maximum Gasteiger partial charge on any atom is 0.232 e. The number of nitrogens with one attached hydrogen (secondary N) is 1. The number of amides is 1. The van der Waals surface area contributed by atoms with Crippen molar-refractivity contribution in [3.63, 3.8) is 0 Å². The van der Waals surface area contributed by atoms with Gasteiger partial charge in [0, 0.05) is 11.3 Å². The Balaban J connectivity index is 1.96. The molecule has 5 heteroatoms. The Hall–Kier alpha value is -3.00. The van der Waals surface area contributed by atoms with Gasteiger partial charge in [0.25, 0.3) is 0 Å². The molecule has 2 aromatic rings. The minimum atomic E-state index is -0.464. The van der Waals surface area contributed by atoms with Crippen LogP contribution in [0.5, 0.6) is 0 Å². The molecular formula is C16H11FN2O2. The standard InChI is InChI=1S/C16H11FN2O2/c17-13-5-3-12(4-6-13)15(20)9-16(21)19-14-7-1-11(10-18)2-8-14/h1-8H,9H2,(H,19,21). The van der Waals surface area contributed by atoms with Crippen molar-refractivity contribution in [3.8, 4) is 6.07 Å². The maximum absolute atomic E-state index is 12.7. The summed E-state index contributed by atoms with van der Waals surface area (Å²) in [6.45, 7) is 0. The number of hydrogen-bond acceptors (Lipinski definition) is 3. The summed E-state index contributed by atoms with van der Waals surface area (Å²) in [7, 11) is 0. The summed E-state index contributed by atoms with van der Waals surface area (Å²) < 4.78 is 12.7. The van der Waals surface area contributed by atoms with E-state index in [1.54, 1.807) is 24.3 Å². The molecule has 0 atom stereocenters. The van der Waals surface area contributed by atoms with E-state index in [1.807, 2.05) is 6.07 Å². The highest BCUT2D eigenvalue weighted by Gasteiger charge is 2.12. The summed E-state index contributed by atoms with van der Waals surface area (Å²) in [5.41, 5.74) is 1.27. The van der Waals surface area contributed by atoms with Crippen LogP contribution in [0, 0.1) is 17.1 Å². The van der Waals surface area contributed by atoms with Crippen molar-refractivity contribution >= 4 is 17.4 Å². The molecular weight excluding hydrogens is 271 g/mol. The van der Waals surface area contributed by atoms with Crippen LogP contribution in [0.1, 0.15) is 22.3 Å². The van der Waals surface area contributed by atoms with Gasteiger partial charge in [0.2, 0.25) is 5.91 Å². The highest BCUT2D eigenvalue weighted by molar-refractivity contribution is 6.10. The summed E-state index contributed by atoms with van der Waals surface area (Å²) in [5.74, 6) is -1.29. The molecule has 0 heterocycles. The first kappa shape index (κ1) is 14.4. The van der Waals surface area contributed by atoms with Gasteiger partial charge in [-0.1, -0.05) is 0 Å². The molecule has 21 heavy (non-hydrogen) atoms. The zero-order valence-electron chi connectivity index (χ0n) is 11.0. The van der Waals surface area contributed by atoms with Crippen molar-refractivity contribution in [1.29, 1.82) is 5.26 Å². The molecule has 0 bridgehead atoms. The predicted molar refractivity (Wildman–Crippen MR) is 75.1 cm³/mol. The van der Waals surface area contributed by atoms with Gasteiger partial charge in [-0.05, 0) is 48.5 Å². The monoisotopic (exact) mass is 282 g/mol. The lowest BCUT2D eigenvalue weighted by Gasteiger charge is -2.05. The second-order valence-electron chi connectivity index (χ2n) is 4.34. The topological polar surface area (TPSA) is 70.0 Å². The van der Waals surface area contributed by atoms with E-state index >= 15 is 0 Å². The van der Waals surface area contributed by atoms with Crippen molar-refractivity contribution in [2.24, 2.45) is 0 Å². The van der Waals surface area contributed by atoms with Crippen LogP contribution in [-0.4, -0.2) is 11.7 Å². The van der Waals surface area contributed by atoms with Gasteiger partial charge in [-0.25, -0.2) is 4.39 Å². The fraction of sp³-hybridized carbons (Fsp3) is 0.0625. The molecule has 0 fully saturated rings. The van der Waals surface area contributed by atoms with Crippen LogP contribution in [0.25, 0.3) is 0 Å². The number of carbonyl (C=O) groups excluding carboxylic acids is 2. The van der Waals surface area contributed by atoms with E-state index in [0.717, 1.165) is 0 Å².